The van der Waals surface area contributed by atoms with Crippen LogP contribution in [0, 0.1) is 5.82 Å². The number of rotatable bonds is 5. The number of aliphatic hydroxyl groups is 1. The molecule has 0 aliphatic heterocycles. The van der Waals surface area contributed by atoms with Crippen molar-refractivity contribution < 1.29 is 27.5 Å². The van der Waals surface area contributed by atoms with Crippen LogP contribution < -0.4 is 10.9 Å². The summed E-state index contributed by atoms with van der Waals surface area (Å²) in [5.41, 5.74) is -2.34. The Labute approximate surface area is 139 Å². The SMILES string of the molecule is O=C(Cn1cccc(C(F)(F)F)c1=O)NC[C@@H](O)c1ccc(F)cc1. The third kappa shape index (κ3) is 4.90. The number of nitrogens with zero attached hydrogens (tertiary/aromatic N) is 1. The lowest BCUT2D eigenvalue weighted by atomic mass is 10.1. The third-order valence-electron chi connectivity index (χ3n) is 3.39. The molecule has 2 N–H and O–H groups in total. The molecular weight excluding hydrogens is 344 g/mol. The van der Waals surface area contributed by atoms with Gasteiger partial charge < -0.3 is 15.0 Å². The number of benzene rings is 1. The average molecular weight is 358 g/mol. The summed E-state index contributed by atoms with van der Waals surface area (Å²) in [4.78, 5) is 23.5. The number of hydrogen-bond acceptors (Lipinski definition) is 3. The number of hydrogen-bond donors (Lipinski definition) is 2. The van der Waals surface area contributed by atoms with E-state index in [1.807, 2.05) is 0 Å². The van der Waals surface area contributed by atoms with Gasteiger partial charge in [-0.15, -0.1) is 0 Å². The Balaban J connectivity index is 1.99. The largest absolute Gasteiger partial charge is 0.421 e. The van der Waals surface area contributed by atoms with Gasteiger partial charge in [0.05, 0.1) is 6.10 Å². The minimum absolute atomic E-state index is 0.238. The van der Waals surface area contributed by atoms with Crippen molar-refractivity contribution in [3.63, 3.8) is 0 Å². The highest BCUT2D eigenvalue weighted by Gasteiger charge is 2.34. The highest BCUT2D eigenvalue weighted by atomic mass is 19.4. The number of aliphatic hydroxyl groups excluding tert-OH is 1. The van der Waals surface area contributed by atoms with Crippen molar-refractivity contribution in [3.8, 4) is 0 Å². The van der Waals surface area contributed by atoms with Gasteiger partial charge in [-0.25, -0.2) is 4.39 Å². The van der Waals surface area contributed by atoms with Crippen LogP contribution in [0.4, 0.5) is 17.6 Å². The molecule has 9 heteroatoms. The van der Waals surface area contributed by atoms with Crippen molar-refractivity contribution in [2.24, 2.45) is 0 Å². The number of nitrogens with one attached hydrogen (secondary N) is 1. The Morgan fingerprint density at radius 1 is 1.20 bits per heavy atom. The molecule has 2 aromatic rings. The molecule has 0 aliphatic carbocycles. The molecule has 0 fully saturated rings. The van der Waals surface area contributed by atoms with Gasteiger partial charge in [-0.3, -0.25) is 9.59 Å². The van der Waals surface area contributed by atoms with Crippen LogP contribution in [-0.4, -0.2) is 22.1 Å². The van der Waals surface area contributed by atoms with Crippen LogP contribution in [0.5, 0.6) is 0 Å². The molecular formula is C16H14F4N2O3. The third-order valence-corrected chi connectivity index (χ3v) is 3.39. The molecule has 1 aromatic heterocycles. The number of alkyl halides is 3. The molecule has 0 saturated carbocycles. The molecule has 0 radical (unpaired) electrons. The van der Waals surface area contributed by atoms with Crippen LogP contribution in [0.3, 0.4) is 0 Å². The van der Waals surface area contributed by atoms with Gasteiger partial charge in [-0.1, -0.05) is 12.1 Å². The molecule has 1 heterocycles. The van der Waals surface area contributed by atoms with E-state index in [-0.39, 0.29) is 6.54 Å². The summed E-state index contributed by atoms with van der Waals surface area (Å²) in [7, 11) is 0. The van der Waals surface area contributed by atoms with E-state index in [0.29, 0.717) is 16.2 Å². The molecule has 0 saturated heterocycles. The van der Waals surface area contributed by atoms with Gasteiger partial charge in [-0.05, 0) is 29.8 Å². The topological polar surface area (TPSA) is 71.3 Å². The van der Waals surface area contributed by atoms with Crippen LogP contribution in [0.2, 0.25) is 0 Å². The van der Waals surface area contributed by atoms with Gasteiger partial charge in [0.25, 0.3) is 5.56 Å². The molecule has 1 amide bonds. The number of amides is 1. The number of carbonyl (C=O) groups excluding carboxylic acids is 1. The number of aromatic nitrogens is 1. The van der Waals surface area contributed by atoms with Gasteiger partial charge in [-0.2, -0.15) is 13.2 Å². The fourth-order valence-electron chi connectivity index (χ4n) is 2.10. The Morgan fingerprint density at radius 2 is 1.84 bits per heavy atom. The first-order chi connectivity index (χ1) is 11.7. The quantitative estimate of drug-likeness (QED) is 0.802. The van der Waals surface area contributed by atoms with E-state index >= 15 is 0 Å². The summed E-state index contributed by atoms with van der Waals surface area (Å²) in [5.74, 6) is -1.23. The molecule has 1 atom stereocenters. The van der Waals surface area contributed by atoms with Crippen LogP contribution in [0.15, 0.2) is 47.4 Å². The van der Waals surface area contributed by atoms with E-state index in [1.54, 1.807) is 0 Å². The maximum atomic E-state index is 12.8. The van der Waals surface area contributed by atoms with E-state index < -0.39 is 41.7 Å². The van der Waals surface area contributed by atoms with E-state index in [4.69, 9.17) is 0 Å². The first-order valence-electron chi connectivity index (χ1n) is 7.15. The number of carbonyl (C=O) groups is 1. The number of pyridine rings is 1. The van der Waals surface area contributed by atoms with Gasteiger partial charge >= 0.3 is 6.18 Å². The van der Waals surface area contributed by atoms with Crippen molar-refractivity contribution in [1.29, 1.82) is 0 Å². The molecule has 0 bridgehead atoms. The zero-order valence-corrected chi connectivity index (χ0v) is 12.8. The van der Waals surface area contributed by atoms with Gasteiger partial charge in [0.2, 0.25) is 5.91 Å². The lowest BCUT2D eigenvalue weighted by molar-refractivity contribution is -0.139. The fraction of sp³-hybridized carbons (Fsp3) is 0.250. The second kappa shape index (κ2) is 7.47. The van der Waals surface area contributed by atoms with Crippen LogP contribution >= 0.6 is 0 Å². The predicted octanol–water partition coefficient (Wildman–Crippen LogP) is 1.86. The van der Waals surface area contributed by atoms with E-state index in [9.17, 15) is 32.3 Å². The highest BCUT2D eigenvalue weighted by molar-refractivity contribution is 5.75. The van der Waals surface area contributed by atoms with E-state index in [2.05, 4.69) is 5.32 Å². The van der Waals surface area contributed by atoms with Gasteiger partial charge in [0.15, 0.2) is 0 Å². The summed E-state index contributed by atoms with van der Waals surface area (Å²) in [6.07, 6.45) is -4.87. The first-order valence-corrected chi connectivity index (χ1v) is 7.15. The summed E-state index contributed by atoms with van der Waals surface area (Å²) >= 11 is 0. The first kappa shape index (κ1) is 18.7. The smallest absolute Gasteiger partial charge is 0.387 e. The lowest BCUT2D eigenvalue weighted by Gasteiger charge is -2.13. The minimum Gasteiger partial charge on any atom is -0.387 e. The highest BCUT2D eigenvalue weighted by Crippen LogP contribution is 2.25. The maximum absolute atomic E-state index is 12.8. The van der Waals surface area contributed by atoms with Crippen molar-refractivity contribution >= 4 is 5.91 Å². The zero-order valence-electron chi connectivity index (χ0n) is 12.8. The summed E-state index contributed by atoms with van der Waals surface area (Å²) in [6.45, 7) is -0.864. The van der Waals surface area contributed by atoms with Crippen molar-refractivity contribution in [2.75, 3.05) is 6.54 Å². The molecule has 1 aromatic carbocycles. The second-order valence-electron chi connectivity index (χ2n) is 5.22. The molecule has 5 nitrogen and oxygen atoms in total. The molecule has 2 rings (SSSR count). The minimum atomic E-state index is -4.81. The maximum Gasteiger partial charge on any atom is 0.421 e. The monoisotopic (exact) mass is 358 g/mol. The average Bonchev–Trinajstić information content (AvgIpc) is 2.54. The number of halogens is 4. The van der Waals surface area contributed by atoms with Crippen LogP contribution in [0.1, 0.15) is 17.2 Å². The Morgan fingerprint density at radius 3 is 2.44 bits per heavy atom. The second-order valence-corrected chi connectivity index (χ2v) is 5.22. The molecule has 0 spiro atoms. The molecule has 25 heavy (non-hydrogen) atoms. The van der Waals surface area contributed by atoms with Crippen molar-refractivity contribution in [2.45, 2.75) is 18.8 Å². The van der Waals surface area contributed by atoms with Crippen molar-refractivity contribution in [3.05, 3.63) is 69.9 Å². The van der Waals surface area contributed by atoms with Crippen LogP contribution in [0.25, 0.3) is 0 Å². The van der Waals surface area contributed by atoms with Gasteiger partial charge in [0.1, 0.15) is 17.9 Å². The molecule has 0 unspecified atom stereocenters. The summed E-state index contributed by atoms with van der Waals surface area (Å²) in [5, 5.41) is 12.2. The fourth-order valence-corrected chi connectivity index (χ4v) is 2.10. The Bertz CT molecular complexity index is 800. The van der Waals surface area contributed by atoms with E-state index in [1.165, 1.54) is 12.1 Å². The van der Waals surface area contributed by atoms with E-state index in [0.717, 1.165) is 24.4 Å². The zero-order chi connectivity index (χ0) is 18.6. The van der Waals surface area contributed by atoms with Crippen LogP contribution in [-0.2, 0) is 17.5 Å². The summed E-state index contributed by atoms with van der Waals surface area (Å²) < 4.78 is 51.4. The van der Waals surface area contributed by atoms with Crippen molar-refractivity contribution in [1.82, 2.24) is 9.88 Å². The lowest BCUT2D eigenvalue weighted by Crippen LogP contribution is -2.36. The predicted molar refractivity (Wildman–Crippen MR) is 80.1 cm³/mol. The van der Waals surface area contributed by atoms with Gasteiger partial charge in [0, 0.05) is 12.7 Å². The summed E-state index contributed by atoms with van der Waals surface area (Å²) in [6, 6.07) is 6.61. The molecule has 0 aliphatic rings. The normalized spacial score (nSPS) is 12.7. The standard InChI is InChI=1S/C16H14F4N2O3/c17-11-5-3-10(4-6-11)13(23)8-21-14(24)9-22-7-1-2-12(15(22)25)16(18,19)20/h1-7,13,23H,8-9H2,(H,21,24)/t13-/m1/s1. The molecule has 134 valence electrons. The Hall–Kier alpha value is -2.68. The Kier molecular flexibility index (Phi) is 5.58.